The quantitative estimate of drug-likeness (QED) is 0.680. The van der Waals surface area contributed by atoms with Gasteiger partial charge in [0.05, 0.1) is 10.6 Å². The first-order chi connectivity index (χ1) is 8.68. The second kappa shape index (κ2) is 5.55. The first kappa shape index (κ1) is 12.4. The van der Waals surface area contributed by atoms with Crippen molar-refractivity contribution in [2.75, 3.05) is 0 Å². The van der Waals surface area contributed by atoms with E-state index in [0.29, 0.717) is 4.88 Å². The molecule has 0 aliphatic rings. The van der Waals surface area contributed by atoms with Gasteiger partial charge in [-0.25, -0.2) is 5.43 Å². The van der Waals surface area contributed by atoms with Crippen molar-refractivity contribution in [1.82, 2.24) is 10.4 Å². The fourth-order valence-electron chi connectivity index (χ4n) is 1.45. The van der Waals surface area contributed by atoms with E-state index in [4.69, 9.17) is 0 Å². The van der Waals surface area contributed by atoms with Crippen LogP contribution in [-0.2, 0) is 0 Å². The summed E-state index contributed by atoms with van der Waals surface area (Å²) >= 11 is 1.41. The van der Waals surface area contributed by atoms with E-state index in [1.807, 2.05) is 37.4 Å². The van der Waals surface area contributed by atoms with E-state index >= 15 is 0 Å². The minimum atomic E-state index is -0.170. The van der Waals surface area contributed by atoms with Crippen LogP contribution in [0.3, 0.4) is 0 Å². The Balaban J connectivity index is 2.08. The van der Waals surface area contributed by atoms with Crippen LogP contribution in [-0.4, -0.2) is 16.6 Å². The zero-order valence-corrected chi connectivity index (χ0v) is 11.0. The summed E-state index contributed by atoms with van der Waals surface area (Å²) in [6.07, 6.45) is 3.39. The first-order valence-corrected chi connectivity index (χ1v) is 6.35. The summed E-state index contributed by atoms with van der Waals surface area (Å²) in [6, 6.07) is 5.61. The predicted octanol–water partition coefficient (Wildman–Crippen LogP) is 2.61. The maximum absolute atomic E-state index is 11.8. The Bertz CT molecular complexity index is 575. The normalized spacial score (nSPS) is 11.3. The fourth-order valence-corrected chi connectivity index (χ4v) is 2.26. The van der Waals surface area contributed by atoms with Crippen molar-refractivity contribution in [2.24, 2.45) is 5.10 Å². The van der Waals surface area contributed by atoms with E-state index in [0.717, 1.165) is 16.8 Å². The average molecular weight is 259 g/mol. The molecule has 2 aromatic heterocycles. The van der Waals surface area contributed by atoms with Crippen LogP contribution in [0.15, 0.2) is 41.1 Å². The summed E-state index contributed by atoms with van der Waals surface area (Å²) < 4.78 is 0. The van der Waals surface area contributed by atoms with Crippen molar-refractivity contribution < 1.29 is 4.79 Å². The van der Waals surface area contributed by atoms with Crippen LogP contribution in [0.25, 0.3) is 0 Å². The van der Waals surface area contributed by atoms with Gasteiger partial charge in [-0.3, -0.25) is 9.78 Å². The van der Waals surface area contributed by atoms with Crippen LogP contribution in [0.2, 0.25) is 0 Å². The number of aryl methyl sites for hydroxylation is 1. The van der Waals surface area contributed by atoms with Crippen molar-refractivity contribution in [3.8, 4) is 0 Å². The third-order valence-corrected chi connectivity index (χ3v) is 3.51. The Morgan fingerprint density at radius 3 is 2.67 bits per heavy atom. The Morgan fingerprint density at radius 2 is 2.06 bits per heavy atom. The number of rotatable bonds is 3. The topological polar surface area (TPSA) is 54.4 Å². The summed E-state index contributed by atoms with van der Waals surface area (Å²) in [7, 11) is 0. The molecule has 0 atom stereocenters. The highest BCUT2D eigenvalue weighted by Gasteiger charge is 2.09. The maximum Gasteiger partial charge on any atom is 0.281 e. The van der Waals surface area contributed by atoms with Crippen LogP contribution < -0.4 is 5.43 Å². The SMILES string of the molecule is CC(=NNC(=O)c1sccc1C)c1ccncc1. The number of hydrazone groups is 1. The van der Waals surface area contributed by atoms with E-state index in [2.05, 4.69) is 15.5 Å². The first-order valence-electron chi connectivity index (χ1n) is 5.47. The average Bonchev–Trinajstić information content (AvgIpc) is 2.83. The molecule has 0 aliphatic carbocycles. The van der Waals surface area contributed by atoms with Gasteiger partial charge in [-0.05, 0) is 43.0 Å². The van der Waals surface area contributed by atoms with Crippen LogP contribution in [0.4, 0.5) is 0 Å². The van der Waals surface area contributed by atoms with Crippen LogP contribution in [0.5, 0.6) is 0 Å². The molecule has 0 unspecified atom stereocenters. The molecule has 5 heteroatoms. The number of hydrogen-bond acceptors (Lipinski definition) is 4. The van der Waals surface area contributed by atoms with Gasteiger partial charge in [0, 0.05) is 18.0 Å². The lowest BCUT2D eigenvalue weighted by molar-refractivity contribution is 0.0958. The van der Waals surface area contributed by atoms with Gasteiger partial charge in [-0.2, -0.15) is 5.10 Å². The number of pyridine rings is 1. The fraction of sp³-hybridized carbons (Fsp3) is 0.154. The molecular formula is C13H13N3OS. The summed E-state index contributed by atoms with van der Waals surface area (Å²) in [6.45, 7) is 3.75. The molecule has 0 spiro atoms. The molecule has 0 radical (unpaired) electrons. The summed E-state index contributed by atoms with van der Waals surface area (Å²) in [4.78, 5) is 16.5. The smallest absolute Gasteiger partial charge is 0.266 e. The number of nitrogens with zero attached hydrogens (tertiary/aromatic N) is 2. The van der Waals surface area contributed by atoms with Crippen molar-refractivity contribution in [3.05, 3.63) is 52.0 Å². The molecule has 0 saturated carbocycles. The molecule has 2 heterocycles. The summed E-state index contributed by atoms with van der Waals surface area (Å²) in [5, 5.41) is 5.98. The molecule has 0 bridgehead atoms. The number of carbonyl (C=O) groups is 1. The largest absolute Gasteiger partial charge is 0.281 e. The van der Waals surface area contributed by atoms with Gasteiger partial charge in [-0.15, -0.1) is 11.3 Å². The molecule has 0 aromatic carbocycles. The van der Waals surface area contributed by atoms with Gasteiger partial charge in [0.2, 0.25) is 0 Å². The summed E-state index contributed by atoms with van der Waals surface area (Å²) in [5.41, 5.74) is 5.22. The zero-order valence-electron chi connectivity index (χ0n) is 10.2. The van der Waals surface area contributed by atoms with Gasteiger partial charge in [0.1, 0.15) is 0 Å². The number of amides is 1. The third-order valence-electron chi connectivity index (χ3n) is 2.49. The molecule has 1 N–H and O–H groups in total. The Kier molecular flexibility index (Phi) is 3.84. The van der Waals surface area contributed by atoms with Gasteiger partial charge in [-0.1, -0.05) is 0 Å². The Labute approximate surface area is 109 Å². The third kappa shape index (κ3) is 2.81. The van der Waals surface area contributed by atoms with E-state index < -0.39 is 0 Å². The van der Waals surface area contributed by atoms with Crippen LogP contribution >= 0.6 is 11.3 Å². The standard InChI is InChI=1S/C13H13N3OS/c1-9-5-8-18-12(9)13(17)16-15-10(2)11-3-6-14-7-4-11/h3-8H,1-2H3,(H,16,17). The van der Waals surface area contributed by atoms with E-state index in [1.54, 1.807) is 12.4 Å². The molecule has 2 rings (SSSR count). The lowest BCUT2D eigenvalue weighted by Crippen LogP contribution is -2.18. The zero-order chi connectivity index (χ0) is 13.0. The monoisotopic (exact) mass is 259 g/mol. The van der Waals surface area contributed by atoms with Crippen molar-refractivity contribution in [1.29, 1.82) is 0 Å². The lowest BCUT2D eigenvalue weighted by atomic mass is 10.2. The Morgan fingerprint density at radius 1 is 1.33 bits per heavy atom. The molecule has 0 aliphatic heterocycles. The van der Waals surface area contributed by atoms with Crippen LogP contribution in [0.1, 0.15) is 27.7 Å². The minimum Gasteiger partial charge on any atom is -0.266 e. The Hall–Kier alpha value is -2.01. The number of aromatic nitrogens is 1. The van der Waals surface area contributed by atoms with Crippen molar-refractivity contribution in [3.63, 3.8) is 0 Å². The number of nitrogens with one attached hydrogen (secondary N) is 1. The van der Waals surface area contributed by atoms with Gasteiger partial charge >= 0.3 is 0 Å². The van der Waals surface area contributed by atoms with Crippen molar-refractivity contribution >= 4 is 23.0 Å². The molecule has 0 fully saturated rings. The molecule has 92 valence electrons. The summed E-state index contributed by atoms with van der Waals surface area (Å²) in [5.74, 6) is -0.170. The van der Waals surface area contributed by atoms with E-state index in [1.165, 1.54) is 11.3 Å². The highest BCUT2D eigenvalue weighted by atomic mass is 32.1. The molecule has 2 aromatic rings. The predicted molar refractivity (Wildman–Crippen MR) is 73.0 cm³/mol. The molecule has 1 amide bonds. The van der Waals surface area contributed by atoms with Crippen molar-refractivity contribution in [2.45, 2.75) is 13.8 Å². The molecular weight excluding hydrogens is 246 g/mol. The van der Waals surface area contributed by atoms with Gasteiger partial charge in [0.25, 0.3) is 5.91 Å². The molecule has 0 saturated heterocycles. The van der Waals surface area contributed by atoms with Gasteiger partial charge in [0.15, 0.2) is 0 Å². The molecule has 18 heavy (non-hydrogen) atoms. The number of thiophene rings is 1. The maximum atomic E-state index is 11.8. The van der Waals surface area contributed by atoms with Gasteiger partial charge < -0.3 is 0 Å². The van der Waals surface area contributed by atoms with Crippen LogP contribution in [0, 0.1) is 6.92 Å². The van der Waals surface area contributed by atoms with E-state index in [-0.39, 0.29) is 5.91 Å². The number of hydrogen-bond donors (Lipinski definition) is 1. The minimum absolute atomic E-state index is 0.170. The number of carbonyl (C=O) groups excluding carboxylic acids is 1. The molecule has 4 nitrogen and oxygen atoms in total. The van der Waals surface area contributed by atoms with E-state index in [9.17, 15) is 4.79 Å². The lowest BCUT2D eigenvalue weighted by Gasteiger charge is -2.02. The highest BCUT2D eigenvalue weighted by molar-refractivity contribution is 7.12. The second-order valence-corrected chi connectivity index (χ2v) is 4.72. The second-order valence-electron chi connectivity index (χ2n) is 3.81. The highest BCUT2D eigenvalue weighted by Crippen LogP contribution is 2.14.